The molecule has 3 aromatic rings. The van der Waals surface area contributed by atoms with E-state index in [2.05, 4.69) is 22.0 Å². The number of fused-ring (bicyclic) bond motifs is 1. The van der Waals surface area contributed by atoms with Crippen LogP contribution in [0, 0.1) is 0 Å². The molecule has 0 amide bonds. The van der Waals surface area contributed by atoms with Gasteiger partial charge in [-0.25, -0.2) is 0 Å². The Morgan fingerprint density at radius 2 is 1.38 bits per heavy atom. The highest BCUT2D eigenvalue weighted by molar-refractivity contribution is 9.09. The molecule has 0 nitrogen and oxygen atoms in total. The summed E-state index contributed by atoms with van der Waals surface area (Å²) in [5.74, 6) is 0. The monoisotopic (exact) mass is 398 g/mol. The molecule has 0 aliphatic carbocycles. The number of benzene rings is 3. The van der Waals surface area contributed by atoms with Gasteiger partial charge in [-0.2, -0.15) is 0 Å². The lowest BCUT2D eigenvalue weighted by Gasteiger charge is -2.16. The first-order valence-electron chi connectivity index (χ1n) is 6.34. The van der Waals surface area contributed by atoms with Gasteiger partial charge in [0, 0.05) is 20.5 Å². The summed E-state index contributed by atoms with van der Waals surface area (Å²) in [6.45, 7) is 0. The van der Waals surface area contributed by atoms with E-state index < -0.39 is 0 Å². The Morgan fingerprint density at radius 3 is 2.10 bits per heavy atom. The standard InChI is InChI=1S/C17H10BrCl3/c18-17(14-6-5-10(19)9-16(14)21)13-7-8-15(20)12-4-2-1-3-11(12)13/h1-9,17H. The van der Waals surface area contributed by atoms with E-state index in [0.717, 1.165) is 26.9 Å². The van der Waals surface area contributed by atoms with Crippen molar-refractivity contribution in [1.82, 2.24) is 0 Å². The van der Waals surface area contributed by atoms with Crippen LogP contribution in [0.3, 0.4) is 0 Å². The smallest absolute Gasteiger partial charge is 0.0665 e. The van der Waals surface area contributed by atoms with Gasteiger partial charge in [-0.1, -0.05) is 87.1 Å². The highest BCUT2D eigenvalue weighted by atomic mass is 79.9. The zero-order valence-corrected chi connectivity index (χ0v) is 14.6. The Balaban J connectivity index is 2.18. The fraction of sp³-hybridized carbons (Fsp3) is 0.0588. The van der Waals surface area contributed by atoms with Gasteiger partial charge in [0.2, 0.25) is 0 Å². The van der Waals surface area contributed by atoms with Crippen molar-refractivity contribution >= 4 is 61.5 Å². The largest absolute Gasteiger partial charge is 0.0843 e. The fourth-order valence-electron chi connectivity index (χ4n) is 2.38. The molecule has 106 valence electrons. The van der Waals surface area contributed by atoms with Crippen LogP contribution in [0.1, 0.15) is 16.0 Å². The molecule has 4 heteroatoms. The molecule has 0 radical (unpaired) electrons. The number of alkyl halides is 1. The minimum atomic E-state index is -0.0237. The molecule has 1 unspecified atom stereocenters. The second-order valence-corrected chi connectivity index (χ2v) is 6.88. The van der Waals surface area contributed by atoms with Crippen LogP contribution in [0.2, 0.25) is 15.1 Å². The molecule has 3 aromatic carbocycles. The summed E-state index contributed by atoms with van der Waals surface area (Å²) in [4.78, 5) is -0.0237. The zero-order valence-electron chi connectivity index (χ0n) is 10.8. The van der Waals surface area contributed by atoms with Gasteiger partial charge in [-0.05, 0) is 34.7 Å². The maximum atomic E-state index is 6.32. The molecule has 0 saturated carbocycles. The first-order chi connectivity index (χ1) is 10.1. The minimum Gasteiger partial charge on any atom is -0.0843 e. The van der Waals surface area contributed by atoms with Crippen LogP contribution in [0.15, 0.2) is 54.6 Å². The van der Waals surface area contributed by atoms with E-state index in [1.165, 1.54) is 0 Å². The van der Waals surface area contributed by atoms with Gasteiger partial charge >= 0.3 is 0 Å². The lowest BCUT2D eigenvalue weighted by atomic mass is 9.98. The second kappa shape index (κ2) is 6.18. The summed E-state index contributed by atoms with van der Waals surface area (Å²) in [6, 6.07) is 17.5. The Morgan fingerprint density at radius 1 is 0.714 bits per heavy atom. The molecule has 0 bridgehead atoms. The predicted molar refractivity (Wildman–Crippen MR) is 96.2 cm³/mol. The van der Waals surface area contributed by atoms with Crippen LogP contribution in [0.4, 0.5) is 0 Å². The number of hydrogen-bond acceptors (Lipinski definition) is 0. The molecule has 0 N–H and O–H groups in total. The van der Waals surface area contributed by atoms with Gasteiger partial charge in [0.15, 0.2) is 0 Å². The van der Waals surface area contributed by atoms with E-state index >= 15 is 0 Å². The van der Waals surface area contributed by atoms with E-state index in [1.54, 1.807) is 6.07 Å². The quantitative estimate of drug-likeness (QED) is 0.396. The van der Waals surface area contributed by atoms with Crippen LogP contribution in [0.5, 0.6) is 0 Å². The van der Waals surface area contributed by atoms with E-state index in [4.69, 9.17) is 34.8 Å². The van der Waals surface area contributed by atoms with Crippen LogP contribution < -0.4 is 0 Å². The molecule has 0 fully saturated rings. The predicted octanol–water partition coefficient (Wildman–Crippen LogP) is 7.28. The van der Waals surface area contributed by atoms with Crippen molar-refractivity contribution in [3.05, 3.63) is 80.8 Å². The lowest BCUT2D eigenvalue weighted by Crippen LogP contribution is -1.95. The van der Waals surface area contributed by atoms with Crippen molar-refractivity contribution in [1.29, 1.82) is 0 Å². The topological polar surface area (TPSA) is 0 Å². The minimum absolute atomic E-state index is 0.0237. The Bertz CT molecular complexity index is 814. The SMILES string of the molecule is Clc1ccc(C(Br)c2ccc(Cl)c3ccccc23)c(Cl)c1. The van der Waals surface area contributed by atoms with Crippen LogP contribution >= 0.6 is 50.7 Å². The van der Waals surface area contributed by atoms with Crippen molar-refractivity contribution in [3.8, 4) is 0 Å². The van der Waals surface area contributed by atoms with Gasteiger partial charge in [0.05, 0.1) is 4.83 Å². The van der Waals surface area contributed by atoms with Crippen molar-refractivity contribution in [3.63, 3.8) is 0 Å². The highest BCUT2D eigenvalue weighted by Gasteiger charge is 2.17. The van der Waals surface area contributed by atoms with E-state index in [0.29, 0.717) is 10.0 Å². The van der Waals surface area contributed by atoms with E-state index in [1.807, 2.05) is 42.5 Å². The molecule has 0 heterocycles. The van der Waals surface area contributed by atoms with Gasteiger partial charge in [0.25, 0.3) is 0 Å². The summed E-state index contributed by atoms with van der Waals surface area (Å²) in [5, 5.41) is 4.16. The first kappa shape index (κ1) is 15.2. The average Bonchev–Trinajstić information content (AvgIpc) is 2.47. The molecular weight excluding hydrogens is 390 g/mol. The number of rotatable bonds is 2. The third-order valence-electron chi connectivity index (χ3n) is 3.41. The van der Waals surface area contributed by atoms with Crippen LogP contribution in [-0.4, -0.2) is 0 Å². The Kier molecular flexibility index (Phi) is 4.46. The number of halogens is 4. The first-order valence-corrected chi connectivity index (χ1v) is 8.39. The third kappa shape index (κ3) is 2.93. The molecule has 21 heavy (non-hydrogen) atoms. The second-order valence-electron chi connectivity index (χ2n) is 4.71. The molecular formula is C17H10BrCl3. The Hall–Kier alpha value is -0.730. The molecule has 0 aliphatic rings. The van der Waals surface area contributed by atoms with E-state index in [9.17, 15) is 0 Å². The average molecular weight is 401 g/mol. The van der Waals surface area contributed by atoms with Gasteiger partial charge in [0.1, 0.15) is 0 Å². The molecule has 1 atom stereocenters. The van der Waals surface area contributed by atoms with E-state index in [-0.39, 0.29) is 4.83 Å². The molecule has 0 aliphatic heterocycles. The highest BCUT2D eigenvalue weighted by Crippen LogP contribution is 2.40. The van der Waals surface area contributed by atoms with Crippen LogP contribution in [-0.2, 0) is 0 Å². The third-order valence-corrected chi connectivity index (χ3v) is 5.29. The maximum absolute atomic E-state index is 6.32. The molecule has 0 aromatic heterocycles. The zero-order chi connectivity index (χ0) is 15.0. The van der Waals surface area contributed by atoms with Crippen LogP contribution in [0.25, 0.3) is 10.8 Å². The molecule has 3 rings (SSSR count). The maximum Gasteiger partial charge on any atom is 0.0665 e. The van der Waals surface area contributed by atoms with Crippen molar-refractivity contribution in [2.45, 2.75) is 4.83 Å². The number of hydrogen-bond donors (Lipinski definition) is 0. The molecule has 0 spiro atoms. The van der Waals surface area contributed by atoms with Gasteiger partial charge < -0.3 is 0 Å². The summed E-state index contributed by atoms with van der Waals surface area (Å²) >= 11 is 22.3. The molecule has 0 saturated heterocycles. The summed E-state index contributed by atoms with van der Waals surface area (Å²) < 4.78 is 0. The van der Waals surface area contributed by atoms with Crippen molar-refractivity contribution in [2.75, 3.05) is 0 Å². The van der Waals surface area contributed by atoms with Crippen molar-refractivity contribution in [2.24, 2.45) is 0 Å². The summed E-state index contributed by atoms with van der Waals surface area (Å²) in [5.41, 5.74) is 2.10. The summed E-state index contributed by atoms with van der Waals surface area (Å²) in [7, 11) is 0. The fourth-order valence-corrected chi connectivity index (χ4v) is 4.06. The van der Waals surface area contributed by atoms with Gasteiger partial charge in [-0.3, -0.25) is 0 Å². The van der Waals surface area contributed by atoms with Gasteiger partial charge in [-0.15, -0.1) is 0 Å². The Labute approximate surface area is 146 Å². The normalized spacial score (nSPS) is 12.6. The summed E-state index contributed by atoms with van der Waals surface area (Å²) in [6.07, 6.45) is 0. The lowest BCUT2D eigenvalue weighted by molar-refractivity contribution is 1.20. The van der Waals surface area contributed by atoms with Crippen molar-refractivity contribution < 1.29 is 0 Å².